The summed E-state index contributed by atoms with van der Waals surface area (Å²) in [4.78, 5) is 39.5. The number of hydrogen-bond donors (Lipinski definition) is 1. The second kappa shape index (κ2) is 8.55. The van der Waals surface area contributed by atoms with Gasteiger partial charge in [0.25, 0.3) is 0 Å². The van der Waals surface area contributed by atoms with Gasteiger partial charge in [0.1, 0.15) is 6.54 Å². The fraction of sp³-hybridized carbons (Fsp3) is 0.571. The van der Waals surface area contributed by atoms with Gasteiger partial charge in [-0.25, -0.2) is 0 Å². The molecule has 0 radical (unpaired) electrons. The molecule has 2 atom stereocenters. The molecular formula is C21H28N2O4. The van der Waals surface area contributed by atoms with Crippen LogP contribution in [0.1, 0.15) is 56.1 Å². The number of amides is 2. The highest BCUT2D eigenvalue weighted by Crippen LogP contribution is 2.33. The van der Waals surface area contributed by atoms with Gasteiger partial charge in [-0.2, -0.15) is 0 Å². The van der Waals surface area contributed by atoms with Gasteiger partial charge in [0.15, 0.2) is 0 Å². The summed E-state index contributed by atoms with van der Waals surface area (Å²) in [7, 11) is 0. The summed E-state index contributed by atoms with van der Waals surface area (Å²) in [6.45, 7) is 2.39. The zero-order valence-electron chi connectivity index (χ0n) is 15.9. The zero-order chi connectivity index (χ0) is 19.4. The average molecular weight is 372 g/mol. The van der Waals surface area contributed by atoms with Crippen molar-refractivity contribution in [1.29, 1.82) is 0 Å². The maximum absolute atomic E-state index is 13.2. The SMILES string of the molecule is CC(=O)N(CC(=O)O)C1CCCN(C(=O)C2CCCc3ccccc32)CC1. The summed E-state index contributed by atoms with van der Waals surface area (Å²) in [5.74, 6) is -1.12. The molecule has 1 aromatic carbocycles. The van der Waals surface area contributed by atoms with Crippen LogP contribution < -0.4 is 0 Å². The largest absolute Gasteiger partial charge is 0.480 e. The van der Waals surface area contributed by atoms with E-state index >= 15 is 0 Å². The number of carbonyl (C=O) groups is 3. The number of aryl methyl sites for hydroxylation is 1. The summed E-state index contributed by atoms with van der Waals surface area (Å²) in [6, 6.07) is 8.10. The van der Waals surface area contributed by atoms with E-state index in [9.17, 15) is 14.4 Å². The van der Waals surface area contributed by atoms with Crippen molar-refractivity contribution < 1.29 is 19.5 Å². The lowest BCUT2D eigenvalue weighted by atomic mass is 9.82. The molecule has 0 saturated carbocycles. The molecule has 0 spiro atoms. The molecule has 1 N–H and O–H groups in total. The number of benzene rings is 1. The van der Waals surface area contributed by atoms with E-state index in [-0.39, 0.29) is 30.3 Å². The topological polar surface area (TPSA) is 77.9 Å². The van der Waals surface area contributed by atoms with Gasteiger partial charge in [-0.3, -0.25) is 14.4 Å². The zero-order valence-corrected chi connectivity index (χ0v) is 15.9. The first-order valence-corrected chi connectivity index (χ1v) is 9.83. The Morgan fingerprint density at radius 1 is 1.11 bits per heavy atom. The molecule has 0 aromatic heterocycles. The van der Waals surface area contributed by atoms with Crippen molar-refractivity contribution in [3.05, 3.63) is 35.4 Å². The number of hydrogen-bond acceptors (Lipinski definition) is 3. The van der Waals surface area contributed by atoms with Crippen LogP contribution in [0.25, 0.3) is 0 Å². The Morgan fingerprint density at radius 3 is 2.63 bits per heavy atom. The Labute approximate surface area is 160 Å². The highest BCUT2D eigenvalue weighted by molar-refractivity contribution is 5.84. The number of nitrogens with zero attached hydrogens (tertiary/aromatic N) is 2. The van der Waals surface area contributed by atoms with Crippen LogP contribution in [0.3, 0.4) is 0 Å². The van der Waals surface area contributed by atoms with Crippen molar-refractivity contribution in [1.82, 2.24) is 9.80 Å². The second-order valence-electron chi connectivity index (χ2n) is 7.59. The monoisotopic (exact) mass is 372 g/mol. The first-order valence-electron chi connectivity index (χ1n) is 9.83. The lowest BCUT2D eigenvalue weighted by Crippen LogP contribution is -2.43. The molecule has 3 rings (SSSR count). The van der Waals surface area contributed by atoms with Crippen LogP contribution in [0, 0.1) is 0 Å². The van der Waals surface area contributed by atoms with Crippen molar-refractivity contribution in [3.63, 3.8) is 0 Å². The molecule has 2 aliphatic rings. The number of aliphatic carboxylic acids is 1. The standard InChI is InChI=1S/C21H28N2O4/c1-15(24)23(14-20(25)26)17-8-5-12-22(13-11-17)21(27)19-10-4-7-16-6-2-3-9-18(16)19/h2-3,6,9,17,19H,4-5,7-8,10-14H2,1H3,(H,25,26). The third kappa shape index (κ3) is 4.49. The third-order valence-electron chi connectivity index (χ3n) is 5.83. The van der Waals surface area contributed by atoms with Crippen LogP contribution in [0.2, 0.25) is 0 Å². The molecule has 27 heavy (non-hydrogen) atoms. The molecule has 1 saturated heterocycles. The van der Waals surface area contributed by atoms with Gasteiger partial charge >= 0.3 is 5.97 Å². The number of carbonyl (C=O) groups excluding carboxylic acids is 2. The fourth-order valence-corrected chi connectivity index (χ4v) is 4.48. The predicted octanol–water partition coefficient (Wildman–Crippen LogP) is 2.42. The molecule has 1 fully saturated rings. The average Bonchev–Trinajstić information content (AvgIpc) is 2.91. The van der Waals surface area contributed by atoms with E-state index in [0.717, 1.165) is 37.7 Å². The molecule has 1 aromatic rings. The van der Waals surface area contributed by atoms with Gasteiger partial charge in [0.05, 0.1) is 5.92 Å². The summed E-state index contributed by atoms with van der Waals surface area (Å²) >= 11 is 0. The summed E-state index contributed by atoms with van der Waals surface area (Å²) in [6.07, 6.45) is 5.10. The minimum absolute atomic E-state index is 0.0746. The highest BCUT2D eigenvalue weighted by atomic mass is 16.4. The molecule has 0 bridgehead atoms. The van der Waals surface area contributed by atoms with E-state index in [1.54, 1.807) is 0 Å². The Hall–Kier alpha value is -2.37. The Balaban J connectivity index is 1.68. The van der Waals surface area contributed by atoms with Gasteiger partial charge in [-0.15, -0.1) is 0 Å². The summed E-state index contributed by atoms with van der Waals surface area (Å²) in [5, 5.41) is 9.08. The summed E-state index contributed by atoms with van der Waals surface area (Å²) in [5.41, 5.74) is 2.43. The smallest absolute Gasteiger partial charge is 0.323 e. The lowest BCUT2D eigenvalue weighted by molar-refractivity contribution is -0.145. The summed E-state index contributed by atoms with van der Waals surface area (Å²) < 4.78 is 0. The molecule has 1 aliphatic carbocycles. The van der Waals surface area contributed by atoms with E-state index in [2.05, 4.69) is 12.1 Å². The Morgan fingerprint density at radius 2 is 1.89 bits per heavy atom. The maximum Gasteiger partial charge on any atom is 0.323 e. The van der Waals surface area contributed by atoms with E-state index in [4.69, 9.17) is 5.11 Å². The van der Waals surface area contributed by atoms with Crippen LogP contribution in [0.5, 0.6) is 0 Å². The van der Waals surface area contributed by atoms with Gasteiger partial charge in [0, 0.05) is 26.1 Å². The minimum atomic E-state index is -0.999. The van der Waals surface area contributed by atoms with Gasteiger partial charge in [-0.05, 0) is 49.7 Å². The van der Waals surface area contributed by atoms with E-state index in [1.165, 1.54) is 17.4 Å². The second-order valence-corrected chi connectivity index (χ2v) is 7.59. The van der Waals surface area contributed by atoms with Gasteiger partial charge < -0.3 is 14.9 Å². The van der Waals surface area contributed by atoms with Crippen molar-refractivity contribution in [3.8, 4) is 0 Å². The molecule has 1 heterocycles. The fourth-order valence-electron chi connectivity index (χ4n) is 4.48. The minimum Gasteiger partial charge on any atom is -0.480 e. The molecule has 6 nitrogen and oxygen atoms in total. The van der Waals surface area contributed by atoms with Crippen LogP contribution in [0.4, 0.5) is 0 Å². The van der Waals surface area contributed by atoms with Gasteiger partial charge in [0.2, 0.25) is 11.8 Å². The Kier molecular flexibility index (Phi) is 6.14. The van der Waals surface area contributed by atoms with E-state index in [1.807, 2.05) is 17.0 Å². The lowest BCUT2D eigenvalue weighted by Gasteiger charge is -2.31. The number of carboxylic acids is 1. The first-order chi connectivity index (χ1) is 13.0. The van der Waals surface area contributed by atoms with Crippen LogP contribution in [0.15, 0.2) is 24.3 Å². The quantitative estimate of drug-likeness (QED) is 0.880. The molecule has 2 unspecified atom stereocenters. The molecule has 1 aliphatic heterocycles. The Bertz CT molecular complexity index is 718. The van der Waals surface area contributed by atoms with Gasteiger partial charge in [-0.1, -0.05) is 24.3 Å². The first kappa shape index (κ1) is 19.4. The number of fused-ring (bicyclic) bond motifs is 1. The van der Waals surface area contributed by atoms with E-state index in [0.29, 0.717) is 19.5 Å². The van der Waals surface area contributed by atoms with Crippen molar-refractivity contribution in [2.24, 2.45) is 0 Å². The molecular weight excluding hydrogens is 344 g/mol. The van der Waals surface area contributed by atoms with E-state index < -0.39 is 5.97 Å². The number of likely N-dealkylation sites (tertiary alicyclic amines) is 1. The number of carboxylic acid groups (broad SMARTS) is 1. The normalized spacial score (nSPS) is 22.5. The van der Waals surface area contributed by atoms with Crippen LogP contribution in [-0.2, 0) is 20.8 Å². The molecule has 146 valence electrons. The third-order valence-corrected chi connectivity index (χ3v) is 5.83. The maximum atomic E-state index is 13.2. The van der Waals surface area contributed by atoms with Crippen LogP contribution in [-0.4, -0.2) is 58.4 Å². The van der Waals surface area contributed by atoms with Crippen LogP contribution >= 0.6 is 0 Å². The van der Waals surface area contributed by atoms with Crippen molar-refractivity contribution in [2.75, 3.05) is 19.6 Å². The molecule has 2 amide bonds. The highest BCUT2D eigenvalue weighted by Gasteiger charge is 2.32. The number of rotatable bonds is 4. The predicted molar refractivity (Wildman–Crippen MR) is 101 cm³/mol. The van der Waals surface area contributed by atoms with Crippen molar-refractivity contribution in [2.45, 2.75) is 57.4 Å². The molecule has 6 heteroatoms. The van der Waals surface area contributed by atoms with Crippen molar-refractivity contribution >= 4 is 17.8 Å².